The van der Waals surface area contributed by atoms with Gasteiger partial charge in [-0.1, -0.05) is 0 Å². The van der Waals surface area contributed by atoms with Crippen LogP contribution in [-0.4, -0.2) is 56.7 Å². The number of amides is 1. The van der Waals surface area contributed by atoms with E-state index in [1.54, 1.807) is 20.8 Å². The Bertz CT molecular complexity index is 773. The fourth-order valence-corrected chi connectivity index (χ4v) is 3.61. The Balaban J connectivity index is 2.21. The van der Waals surface area contributed by atoms with Gasteiger partial charge in [-0.05, 0) is 45.4 Å². The van der Waals surface area contributed by atoms with Crippen LogP contribution in [0.15, 0.2) is 23.1 Å². The van der Waals surface area contributed by atoms with Crippen molar-refractivity contribution in [1.82, 2.24) is 5.32 Å². The number of hydrogen-bond donors (Lipinski definition) is 3. The molecule has 0 aliphatic carbocycles. The lowest BCUT2D eigenvalue weighted by molar-refractivity contribution is 0.0507. The second-order valence-electron chi connectivity index (χ2n) is 7.56. The molecule has 1 aliphatic rings. The van der Waals surface area contributed by atoms with Crippen LogP contribution < -0.4 is 16.0 Å². The third-order valence-electron chi connectivity index (χ3n) is 4.09. The molecular formula is C17H27N3O5S. The van der Waals surface area contributed by atoms with Crippen LogP contribution >= 0.6 is 0 Å². The zero-order valence-corrected chi connectivity index (χ0v) is 16.3. The van der Waals surface area contributed by atoms with E-state index >= 15 is 0 Å². The van der Waals surface area contributed by atoms with Crippen LogP contribution in [0.5, 0.6) is 0 Å². The molecule has 146 valence electrons. The average molecular weight is 385 g/mol. The largest absolute Gasteiger partial charge is 0.444 e. The molecule has 8 nitrogen and oxygen atoms in total. The number of hydrogen-bond acceptors (Lipinski definition) is 7. The van der Waals surface area contributed by atoms with E-state index in [2.05, 4.69) is 5.32 Å². The van der Waals surface area contributed by atoms with Crippen molar-refractivity contribution in [2.45, 2.75) is 49.8 Å². The summed E-state index contributed by atoms with van der Waals surface area (Å²) in [6.45, 7) is 5.58. The number of nitrogen functional groups attached to an aromatic ring is 1. The Morgan fingerprint density at radius 2 is 2.08 bits per heavy atom. The summed E-state index contributed by atoms with van der Waals surface area (Å²) < 4.78 is 28.9. The molecule has 1 aromatic rings. The van der Waals surface area contributed by atoms with Crippen LogP contribution in [0.4, 0.5) is 16.2 Å². The quantitative estimate of drug-likeness (QED) is 0.664. The Labute approximate surface area is 154 Å². The molecule has 1 fully saturated rings. The normalized spacial score (nSPS) is 20.9. The highest BCUT2D eigenvalue weighted by molar-refractivity contribution is 7.90. The van der Waals surface area contributed by atoms with Crippen LogP contribution in [0, 0.1) is 0 Å². The number of nitrogens with one attached hydrogen (secondary N) is 1. The van der Waals surface area contributed by atoms with E-state index in [-0.39, 0.29) is 23.6 Å². The smallest absolute Gasteiger partial charge is 0.407 e. The number of nitrogens with two attached hydrogens (primary N) is 1. The molecule has 0 radical (unpaired) electrons. The van der Waals surface area contributed by atoms with Gasteiger partial charge >= 0.3 is 6.09 Å². The van der Waals surface area contributed by atoms with Gasteiger partial charge in [-0.25, -0.2) is 13.2 Å². The number of ether oxygens (including phenoxy) is 1. The number of benzene rings is 1. The Morgan fingerprint density at radius 1 is 1.42 bits per heavy atom. The summed E-state index contributed by atoms with van der Waals surface area (Å²) in [7, 11) is -3.38. The maximum Gasteiger partial charge on any atom is 0.407 e. The van der Waals surface area contributed by atoms with Crippen LogP contribution in [-0.2, 0) is 14.6 Å². The van der Waals surface area contributed by atoms with Crippen molar-refractivity contribution in [3.8, 4) is 0 Å². The number of nitrogens with zero attached hydrogens (tertiary/aromatic N) is 1. The first kappa shape index (κ1) is 20.3. The highest BCUT2D eigenvalue weighted by Crippen LogP contribution is 2.32. The van der Waals surface area contributed by atoms with Crippen molar-refractivity contribution in [3.63, 3.8) is 0 Å². The first-order valence-corrected chi connectivity index (χ1v) is 10.3. The van der Waals surface area contributed by atoms with Gasteiger partial charge in [0, 0.05) is 12.8 Å². The van der Waals surface area contributed by atoms with E-state index in [0.717, 1.165) is 6.26 Å². The maximum absolute atomic E-state index is 12.0. The number of rotatable bonds is 4. The van der Waals surface area contributed by atoms with Gasteiger partial charge in [-0.15, -0.1) is 0 Å². The first-order valence-electron chi connectivity index (χ1n) is 8.37. The van der Waals surface area contributed by atoms with Gasteiger partial charge in [0.05, 0.1) is 35.0 Å². The van der Waals surface area contributed by atoms with Crippen molar-refractivity contribution in [3.05, 3.63) is 18.2 Å². The van der Waals surface area contributed by atoms with E-state index in [4.69, 9.17) is 10.5 Å². The molecule has 0 unspecified atom stereocenters. The summed E-state index contributed by atoms with van der Waals surface area (Å²) in [5.74, 6) is 0. The third kappa shape index (κ3) is 5.01. The summed E-state index contributed by atoms with van der Waals surface area (Å²) in [5, 5.41) is 12.5. The zero-order chi connectivity index (χ0) is 19.7. The van der Waals surface area contributed by atoms with Crippen molar-refractivity contribution < 1.29 is 23.1 Å². The number of alkyl carbamates (subject to hydrolysis) is 1. The summed E-state index contributed by atoms with van der Waals surface area (Å²) in [6, 6.07) is 3.96. The lowest BCUT2D eigenvalue weighted by Crippen LogP contribution is -2.40. The number of aliphatic hydroxyl groups is 1. The SMILES string of the molecule is CC(C)(C)OC(=O)N[C@H]1C[C@@H](CO)N(c2cc(S(C)(=O)=O)ccc2N)C1. The van der Waals surface area contributed by atoms with Crippen molar-refractivity contribution in [1.29, 1.82) is 0 Å². The molecule has 1 aliphatic heterocycles. The molecular weight excluding hydrogens is 358 g/mol. The molecule has 4 N–H and O–H groups in total. The number of anilines is 2. The molecule has 1 amide bonds. The van der Waals surface area contributed by atoms with Crippen LogP contribution in [0.25, 0.3) is 0 Å². The number of carbonyl (C=O) groups excluding carboxylic acids is 1. The van der Waals surface area contributed by atoms with Crippen molar-refractivity contribution in [2.75, 3.05) is 30.0 Å². The molecule has 2 atom stereocenters. The van der Waals surface area contributed by atoms with Gasteiger partial charge in [-0.2, -0.15) is 0 Å². The highest BCUT2D eigenvalue weighted by Gasteiger charge is 2.34. The Kier molecular flexibility index (Phi) is 5.72. The maximum atomic E-state index is 12.0. The minimum atomic E-state index is -3.38. The van der Waals surface area contributed by atoms with Crippen molar-refractivity contribution in [2.24, 2.45) is 0 Å². The number of sulfone groups is 1. The second-order valence-corrected chi connectivity index (χ2v) is 9.58. The highest BCUT2D eigenvalue weighted by atomic mass is 32.2. The van der Waals surface area contributed by atoms with E-state index in [1.165, 1.54) is 18.2 Å². The molecule has 1 aromatic carbocycles. The van der Waals surface area contributed by atoms with E-state index in [0.29, 0.717) is 24.3 Å². The molecule has 9 heteroatoms. The van der Waals surface area contributed by atoms with Gasteiger partial charge in [0.1, 0.15) is 5.60 Å². The lowest BCUT2D eigenvalue weighted by atomic mass is 10.1. The summed E-state index contributed by atoms with van der Waals surface area (Å²) >= 11 is 0. The van der Waals surface area contributed by atoms with Crippen molar-refractivity contribution >= 4 is 27.3 Å². The minimum absolute atomic E-state index is 0.144. The van der Waals surface area contributed by atoms with Gasteiger partial charge in [-0.3, -0.25) is 0 Å². The Hall–Kier alpha value is -2.00. The molecule has 0 saturated carbocycles. The monoisotopic (exact) mass is 385 g/mol. The fraction of sp³-hybridized carbons (Fsp3) is 0.588. The van der Waals surface area contributed by atoms with E-state index in [1.807, 2.05) is 4.90 Å². The molecule has 26 heavy (non-hydrogen) atoms. The lowest BCUT2D eigenvalue weighted by Gasteiger charge is -2.27. The average Bonchev–Trinajstić information content (AvgIpc) is 2.87. The summed E-state index contributed by atoms with van der Waals surface area (Å²) in [6.07, 6.45) is 1.10. The molecule has 0 aromatic heterocycles. The second kappa shape index (κ2) is 7.32. The zero-order valence-electron chi connectivity index (χ0n) is 15.5. The molecule has 0 bridgehead atoms. The first-order chi connectivity index (χ1) is 11.9. The van der Waals surface area contributed by atoms with Gasteiger partial charge < -0.3 is 25.8 Å². The molecule has 1 heterocycles. The molecule has 2 rings (SSSR count). The van der Waals surface area contributed by atoms with E-state index < -0.39 is 21.5 Å². The standard InChI is InChI=1S/C17H27N3O5S/c1-17(2,3)25-16(22)19-11-7-12(10-21)20(9-11)15-8-13(26(4,23)24)5-6-14(15)18/h5-6,8,11-12,21H,7,9-10,18H2,1-4H3,(H,19,22)/t11-,12-/m0/s1. The topological polar surface area (TPSA) is 122 Å². The van der Waals surface area contributed by atoms with Gasteiger partial charge in [0.2, 0.25) is 0 Å². The molecule has 0 spiro atoms. The fourth-order valence-electron chi connectivity index (χ4n) is 2.97. The Morgan fingerprint density at radius 3 is 2.62 bits per heavy atom. The predicted octanol–water partition coefficient (Wildman–Crippen LogP) is 1.14. The van der Waals surface area contributed by atoms with E-state index in [9.17, 15) is 18.3 Å². The number of carbonyl (C=O) groups is 1. The predicted molar refractivity (Wildman–Crippen MR) is 100.0 cm³/mol. The third-order valence-corrected chi connectivity index (χ3v) is 5.20. The number of aliphatic hydroxyl groups excluding tert-OH is 1. The summed E-state index contributed by atoms with van der Waals surface area (Å²) in [5.41, 5.74) is 6.36. The van der Waals surface area contributed by atoms with Gasteiger partial charge in [0.15, 0.2) is 9.84 Å². The molecule has 1 saturated heterocycles. The van der Waals surface area contributed by atoms with Gasteiger partial charge in [0.25, 0.3) is 0 Å². The van der Waals surface area contributed by atoms with Crippen LogP contribution in [0.3, 0.4) is 0 Å². The summed E-state index contributed by atoms with van der Waals surface area (Å²) in [4.78, 5) is 14.0. The van der Waals surface area contributed by atoms with Crippen LogP contribution in [0.1, 0.15) is 27.2 Å². The van der Waals surface area contributed by atoms with Crippen LogP contribution in [0.2, 0.25) is 0 Å². The minimum Gasteiger partial charge on any atom is -0.444 e.